The molecule has 0 aliphatic heterocycles. The van der Waals surface area contributed by atoms with Crippen molar-refractivity contribution in [2.24, 2.45) is 5.73 Å². The molecule has 0 amide bonds. The highest BCUT2D eigenvalue weighted by atomic mass is 32.1. The fraction of sp³-hybridized carbons (Fsp3) is 0.308. The molecule has 0 aliphatic rings. The average Bonchev–Trinajstić information content (AvgIpc) is 2.79. The zero-order valence-corrected chi connectivity index (χ0v) is 10.8. The van der Waals surface area contributed by atoms with Crippen molar-refractivity contribution in [3.63, 3.8) is 0 Å². The maximum absolute atomic E-state index is 12.9. The van der Waals surface area contributed by atoms with Crippen LogP contribution in [0.4, 0.5) is 4.39 Å². The highest BCUT2D eigenvalue weighted by Crippen LogP contribution is 2.32. The molecular formula is C13H15FN2OS. The minimum Gasteiger partial charge on any atom is -0.387 e. The molecule has 2 rings (SSSR count). The third-order valence-electron chi connectivity index (χ3n) is 2.86. The highest BCUT2D eigenvalue weighted by Gasteiger charge is 2.23. The standard InChI is InChI=1S/C13H15FN2OS/c1-8-16-7-12(18-8)13(17)11(6-15)9-2-4-10(14)5-3-9/h2-5,7,11,13,17H,6,15H2,1H3. The van der Waals surface area contributed by atoms with E-state index in [9.17, 15) is 9.50 Å². The van der Waals surface area contributed by atoms with Crippen molar-refractivity contribution in [1.82, 2.24) is 4.98 Å². The van der Waals surface area contributed by atoms with Crippen molar-refractivity contribution in [3.05, 3.63) is 51.7 Å². The largest absolute Gasteiger partial charge is 0.387 e. The monoisotopic (exact) mass is 266 g/mol. The van der Waals surface area contributed by atoms with Crippen molar-refractivity contribution < 1.29 is 9.50 Å². The summed E-state index contributed by atoms with van der Waals surface area (Å²) in [6.07, 6.45) is 0.961. The normalized spacial score (nSPS) is 14.4. The van der Waals surface area contributed by atoms with Gasteiger partial charge in [0.05, 0.1) is 16.0 Å². The second kappa shape index (κ2) is 5.56. The number of aromatic nitrogens is 1. The molecule has 18 heavy (non-hydrogen) atoms. The maximum atomic E-state index is 12.9. The van der Waals surface area contributed by atoms with Crippen LogP contribution < -0.4 is 5.73 Å². The number of nitrogens with two attached hydrogens (primary N) is 1. The second-order valence-electron chi connectivity index (χ2n) is 4.12. The predicted octanol–water partition coefficient (Wildman–Crippen LogP) is 2.37. The maximum Gasteiger partial charge on any atom is 0.123 e. The van der Waals surface area contributed by atoms with Gasteiger partial charge in [0.25, 0.3) is 0 Å². The Bertz CT molecular complexity index is 512. The Morgan fingerprint density at radius 3 is 2.56 bits per heavy atom. The molecule has 2 atom stereocenters. The Kier molecular flexibility index (Phi) is 4.06. The fourth-order valence-electron chi connectivity index (χ4n) is 1.87. The fourth-order valence-corrected chi connectivity index (χ4v) is 2.71. The van der Waals surface area contributed by atoms with Crippen LogP contribution in [0.1, 0.15) is 27.5 Å². The lowest BCUT2D eigenvalue weighted by Gasteiger charge is -2.20. The van der Waals surface area contributed by atoms with Crippen molar-refractivity contribution in [2.75, 3.05) is 6.54 Å². The summed E-state index contributed by atoms with van der Waals surface area (Å²) in [5.74, 6) is -0.539. The number of hydrogen-bond acceptors (Lipinski definition) is 4. The van der Waals surface area contributed by atoms with E-state index in [0.29, 0.717) is 6.54 Å². The Labute approximate surface area is 109 Å². The molecule has 96 valence electrons. The molecule has 0 spiro atoms. The lowest BCUT2D eigenvalue weighted by molar-refractivity contribution is 0.151. The summed E-state index contributed by atoms with van der Waals surface area (Å²) < 4.78 is 12.9. The third-order valence-corrected chi connectivity index (χ3v) is 3.85. The van der Waals surface area contributed by atoms with Crippen LogP contribution in [0.15, 0.2) is 30.5 Å². The third kappa shape index (κ3) is 2.75. The van der Waals surface area contributed by atoms with E-state index in [1.165, 1.54) is 23.5 Å². The molecule has 0 saturated carbocycles. The molecule has 1 heterocycles. The van der Waals surface area contributed by atoms with Crippen LogP contribution in [0.2, 0.25) is 0 Å². The summed E-state index contributed by atoms with van der Waals surface area (Å²) >= 11 is 1.45. The minimum atomic E-state index is -0.702. The number of hydrogen-bond donors (Lipinski definition) is 2. The first-order chi connectivity index (χ1) is 8.61. The van der Waals surface area contributed by atoms with Gasteiger partial charge in [-0.25, -0.2) is 9.37 Å². The van der Waals surface area contributed by atoms with Crippen LogP contribution in [-0.2, 0) is 0 Å². The van der Waals surface area contributed by atoms with Crippen molar-refractivity contribution >= 4 is 11.3 Å². The van der Waals surface area contributed by atoms with Gasteiger partial charge in [-0.1, -0.05) is 12.1 Å². The quantitative estimate of drug-likeness (QED) is 0.893. The topological polar surface area (TPSA) is 59.1 Å². The van der Waals surface area contributed by atoms with Gasteiger partial charge in [0.1, 0.15) is 5.82 Å². The zero-order valence-electron chi connectivity index (χ0n) is 10.0. The van der Waals surface area contributed by atoms with Crippen LogP contribution in [-0.4, -0.2) is 16.6 Å². The number of halogens is 1. The number of thiazole rings is 1. The minimum absolute atomic E-state index is 0.245. The average molecular weight is 266 g/mol. The van der Waals surface area contributed by atoms with Crippen LogP contribution >= 0.6 is 11.3 Å². The second-order valence-corrected chi connectivity index (χ2v) is 5.39. The van der Waals surface area contributed by atoms with Crippen LogP contribution in [0, 0.1) is 12.7 Å². The van der Waals surface area contributed by atoms with Gasteiger partial charge in [-0.2, -0.15) is 0 Å². The number of nitrogens with zero attached hydrogens (tertiary/aromatic N) is 1. The SMILES string of the molecule is Cc1ncc(C(O)C(CN)c2ccc(F)cc2)s1. The van der Waals surface area contributed by atoms with Gasteiger partial charge < -0.3 is 10.8 Å². The first-order valence-electron chi connectivity index (χ1n) is 5.67. The van der Waals surface area contributed by atoms with E-state index in [2.05, 4.69) is 4.98 Å². The van der Waals surface area contributed by atoms with E-state index in [0.717, 1.165) is 15.4 Å². The Morgan fingerprint density at radius 1 is 1.39 bits per heavy atom. The molecule has 0 fully saturated rings. The molecule has 3 nitrogen and oxygen atoms in total. The van der Waals surface area contributed by atoms with Crippen LogP contribution in [0.3, 0.4) is 0 Å². The van der Waals surface area contributed by atoms with Crippen LogP contribution in [0.5, 0.6) is 0 Å². The summed E-state index contributed by atoms with van der Waals surface area (Å²) in [4.78, 5) is 4.90. The molecule has 0 radical (unpaired) electrons. The van der Waals surface area contributed by atoms with E-state index >= 15 is 0 Å². The van der Waals surface area contributed by atoms with Crippen molar-refractivity contribution in [2.45, 2.75) is 18.9 Å². The molecule has 2 aromatic rings. The Balaban J connectivity index is 2.25. The molecule has 2 unspecified atom stereocenters. The van der Waals surface area contributed by atoms with Gasteiger partial charge in [-0.15, -0.1) is 11.3 Å². The molecule has 0 aliphatic carbocycles. The van der Waals surface area contributed by atoms with Gasteiger partial charge in [0.15, 0.2) is 0 Å². The van der Waals surface area contributed by atoms with Crippen molar-refractivity contribution in [1.29, 1.82) is 0 Å². The highest BCUT2D eigenvalue weighted by molar-refractivity contribution is 7.11. The molecule has 5 heteroatoms. The smallest absolute Gasteiger partial charge is 0.123 e. The molecule has 1 aromatic carbocycles. The number of aliphatic hydroxyl groups is 1. The zero-order chi connectivity index (χ0) is 13.1. The summed E-state index contributed by atoms with van der Waals surface area (Å²) in [5, 5.41) is 11.2. The molecule has 0 saturated heterocycles. The lowest BCUT2D eigenvalue weighted by atomic mass is 9.93. The van der Waals surface area contributed by atoms with E-state index in [-0.39, 0.29) is 11.7 Å². The van der Waals surface area contributed by atoms with Gasteiger partial charge >= 0.3 is 0 Å². The van der Waals surface area contributed by atoms with E-state index in [4.69, 9.17) is 5.73 Å². The van der Waals surface area contributed by atoms with Gasteiger partial charge in [0.2, 0.25) is 0 Å². The van der Waals surface area contributed by atoms with E-state index in [1.807, 2.05) is 6.92 Å². The van der Waals surface area contributed by atoms with E-state index < -0.39 is 6.10 Å². The molecule has 3 N–H and O–H groups in total. The van der Waals surface area contributed by atoms with Crippen molar-refractivity contribution in [3.8, 4) is 0 Å². The summed E-state index contributed by atoms with van der Waals surface area (Å²) in [6.45, 7) is 2.18. The van der Waals surface area contributed by atoms with Gasteiger partial charge in [-0.05, 0) is 24.6 Å². The van der Waals surface area contributed by atoms with E-state index in [1.54, 1.807) is 18.3 Å². The summed E-state index contributed by atoms with van der Waals surface area (Å²) in [5.41, 5.74) is 6.55. The molecule has 0 bridgehead atoms. The number of aliphatic hydroxyl groups excluding tert-OH is 1. The Hall–Kier alpha value is -1.30. The summed E-state index contributed by atoms with van der Waals surface area (Å²) in [7, 11) is 0. The summed E-state index contributed by atoms with van der Waals surface area (Å²) in [6, 6.07) is 6.07. The Morgan fingerprint density at radius 2 is 2.06 bits per heavy atom. The number of aryl methyl sites for hydroxylation is 1. The molecule has 1 aromatic heterocycles. The number of rotatable bonds is 4. The predicted molar refractivity (Wildman–Crippen MR) is 70.0 cm³/mol. The number of benzene rings is 1. The van der Waals surface area contributed by atoms with Gasteiger partial charge in [0, 0.05) is 18.7 Å². The first kappa shape index (κ1) is 13.1. The molecular weight excluding hydrogens is 251 g/mol. The van der Waals surface area contributed by atoms with Gasteiger partial charge in [-0.3, -0.25) is 0 Å². The first-order valence-corrected chi connectivity index (χ1v) is 6.49. The van der Waals surface area contributed by atoms with Crippen LogP contribution in [0.25, 0.3) is 0 Å². The lowest BCUT2D eigenvalue weighted by Crippen LogP contribution is -2.19.